The fourth-order valence-electron chi connectivity index (χ4n) is 1.78. The van der Waals surface area contributed by atoms with Crippen LogP contribution in [0.4, 0.5) is 5.69 Å². The van der Waals surface area contributed by atoms with Gasteiger partial charge in [-0.25, -0.2) is 0 Å². The van der Waals surface area contributed by atoms with Crippen molar-refractivity contribution in [2.45, 2.75) is 13.3 Å². The van der Waals surface area contributed by atoms with Crippen molar-refractivity contribution >= 4 is 5.69 Å². The molecule has 5 nitrogen and oxygen atoms in total. The lowest BCUT2D eigenvalue weighted by Crippen LogP contribution is -1.89. The van der Waals surface area contributed by atoms with E-state index in [1.54, 1.807) is 0 Å². The molecule has 0 fully saturated rings. The number of benzene rings is 1. The zero-order valence-corrected chi connectivity index (χ0v) is 10.5. The van der Waals surface area contributed by atoms with Crippen LogP contribution in [0, 0.1) is 6.92 Å². The second-order valence-electron chi connectivity index (χ2n) is 4.33. The lowest BCUT2D eigenvalue weighted by atomic mass is 10.1. The molecule has 0 saturated carbocycles. The van der Waals surface area contributed by atoms with Crippen LogP contribution in [-0.2, 0) is 6.42 Å². The van der Waals surface area contributed by atoms with Gasteiger partial charge in [0.15, 0.2) is 5.76 Å². The van der Waals surface area contributed by atoms with Gasteiger partial charge in [-0.3, -0.25) is 0 Å². The molecule has 0 aliphatic heterocycles. The fourth-order valence-corrected chi connectivity index (χ4v) is 1.78. The van der Waals surface area contributed by atoms with E-state index in [4.69, 9.17) is 14.6 Å². The minimum absolute atomic E-state index is 0.401. The van der Waals surface area contributed by atoms with Gasteiger partial charge in [0.2, 0.25) is 5.89 Å². The molecule has 96 valence electrons. The highest BCUT2D eigenvalue weighted by atomic mass is 16.4. The zero-order valence-electron chi connectivity index (χ0n) is 10.5. The van der Waals surface area contributed by atoms with Gasteiger partial charge in [0.05, 0.1) is 6.42 Å². The summed E-state index contributed by atoms with van der Waals surface area (Å²) in [7, 11) is 0. The highest BCUT2D eigenvalue weighted by molar-refractivity contribution is 5.44. The Hall–Kier alpha value is -2.56. The minimum Gasteiger partial charge on any atom is -0.456 e. The molecule has 0 unspecified atom stereocenters. The van der Waals surface area contributed by atoms with Crippen LogP contribution in [0.3, 0.4) is 0 Å². The third kappa shape index (κ3) is 2.49. The van der Waals surface area contributed by atoms with Gasteiger partial charge >= 0.3 is 0 Å². The Bertz CT molecular complexity index is 683. The fraction of sp³-hybridized carbons (Fsp3) is 0.143. The number of furan rings is 1. The van der Waals surface area contributed by atoms with Crippen LogP contribution < -0.4 is 5.73 Å². The van der Waals surface area contributed by atoms with E-state index >= 15 is 0 Å². The van der Waals surface area contributed by atoms with Crippen LogP contribution >= 0.6 is 0 Å². The van der Waals surface area contributed by atoms with Crippen LogP contribution in [0.25, 0.3) is 11.7 Å². The summed E-state index contributed by atoms with van der Waals surface area (Å²) in [6.07, 6.45) is 0.576. The van der Waals surface area contributed by atoms with Gasteiger partial charge in [-0.05, 0) is 36.8 Å². The summed E-state index contributed by atoms with van der Waals surface area (Å²) < 4.78 is 11.0. The zero-order chi connectivity index (χ0) is 13.2. The van der Waals surface area contributed by atoms with Crippen molar-refractivity contribution in [3.63, 3.8) is 0 Å². The number of nitrogens with zero attached hydrogens (tertiary/aromatic N) is 2. The second kappa shape index (κ2) is 4.61. The molecule has 5 heteroatoms. The van der Waals surface area contributed by atoms with Gasteiger partial charge in [-0.2, -0.15) is 0 Å². The van der Waals surface area contributed by atoms with Crippen molar-refractivity contribution in [1.29, 1.82) is 0 Å². The lowest BCUT2D eigenvalue weighted by molar-refractivity contribution is 0.479. The van der Waals surface area contributed by atoms with Crippen molar-refractivity contribution in [3.8, 4) is 11.7 Å². The molecule has 0 spiro atoms. The first-order chi connectivity index (χ1) is 9.20. The maximum absolute atomic E-state index is 5.64. The Labute approximate surface area is 110 Å². The Balaban J connectivity index is 1.80. The lowest BCUT2D eigenvalue weighted by Gasteiger charge is -1.97. The molecule has 3 aromatic rings. The summed E-state index contributed by atoms with van der Waals surface area (Å²) in [6.45, 7) is 1.87. The van der Waals surface area contributed by atoms with Crippen molar-refractivity contribution in [1.82, 2.24) is 10.2 Å². The normalized spacial score (nSPS) is 10.8. The Morgan fingerprint density at radius 3 is 2.47 bits per heavy atom. The summed E-state index contributed by atoms with van der Waals surface area (Å²) in [4.78, 5) is 0. The molecule has 2 N–H and O–H groups in total. The van der Waals surface area contributed by atoms with E-state index in [9.17, 15) is 0 Å². The van der Waals surface area contributed by atoms with Gasteiger partial charge in [-0.15, -0.1) is 10.2 Å². The molecule has 3 rings (SSSR count). The molecule has 0 aliphatic rings. The third-order valence-corrected chi connectivity index (χ3v) is 2.75. The maximum atomic E-state index is 5.64. The molecule has 0 radical (unpaired) electrons. The van der Waals surface area contributed by atoms with Crippen molar-refractivity contribution in [2.24, 2.45) is 0 Å². The van der Waals surface area contributed by atoms with E-state index in [0.29, 0.717) is 24.0 Å². The first-order valence-corrected chi connectivity index (χ1v) is 5.94. The van der Waals surface area contributed by atoms with E-state index in [2.05, 4.69) is 10.2 Å². The highest BCUT2D eigenvalue weighted by Crippen LogP contribution is 2.21. The van der Waals surface area contributed by atoms with E-state index in [0.717, 1.165) is 17.0 Å². The number of rotatable bonds is 3. The minimum atomic E-state index is 0.401. The quantitative estimate of drug-likeness (QED) is 0.728. The van der Waals surface area contributed by atoms with Crippen LogP contribution in [0.2, 0.25) is 0 Å². The first-order valence-electron chi connectivity index (χ1n) is 5.94. The van der Waals surface area contributed by atoms with Gasteiger partial charge in [0.25, 0.3) is 5.89 Å². The summed E-state index contributed by atoms with van der Waals surface area (Å²) in [5.74, 6) is 2.36. The Kier molecular flexibility index (Phi) is 2.79. The maximum Gasteiger partial charge on any atom is 0.283 e. The first kappa shape index (κ1) is 11.5. The highest BCUT2D eigenvalue weighted by Gasteiger charge is 2.12. The van der Waals surface area contributed by atoms with Crippen molar-refractivity contribution < 1.29 is 8.83 Å². The Morgan fingerprint density at radius 2 is 1.79 bits per heavy atom. The molecule has 0 bridgehead atoms. The van der Waals surface area contributed by atoms with E-state index < -0.39 is 0 Å². The van der Waals surface area contributed by atoms with Gasteiger partial charge in [0.1, 0.15) is 5.76 Å². The summed E-state index contributed by atoms with van der Waals surface area (Å²) >= 11 is 0. The average molecular weight is 255 g/mol. The summed E-state index contributed by atoms with van der Waals surface area (Å²) in [6, 6.07) is 11.3. The van der Waals surface area contributed by atoms with E-state index in [1.165, 1.54) is 0 Å². The van der Waals surface area contributed by atoms with Crippen LogP contribution in [0.15, 0.2) is 45.2 Å². The molecule has 19 heavy (non-hydrogen) atoms. The second-order valence-corrected chi connectivity index (χ2v) is 4.33. The molecule has 0 saturated heterocycles. The van der Waals surface area contributed by atoms with Crippen molar-refractivity contribution in [2.75, 3.05) is 5.73 Å². The molecule has 1 aromatic carbocycles. The average Bonchev–Trinajstić information content (AvgIpc) is 3.01. The third-order valence-electron chi connectivity index (χ3n) is 2.75. The smallest absolute Gasteiger partial charge is 0.283 e. The molecule has 0 atom stereocenters. The molecule has 2 aromatic heterocycles. The molecule has 0 amide bonds. The molecular formula is C14H13N3O2. The number of hydrogen-bond donors (Lipinski definition) is 1. The van der Waals surface area contributed by atoms with Crippen LogP contribution in [-0.4, -0.2) is 10.2 Å². The van der Waals surface area contributed by atoms with Crippen LogP contribution in [0.1, 0.15) is 17.2 Å². The topological polar surface area (TPSA) is 78.1 Å². The SMILES string of the molecule is Cc1ccc(-c2nnc(Cc3ccc(N)cc3)o2)o1. The number of anilines is 1. The monoisotopic (exact) mass is 255 g/mol. The van der Waals surface area contributed by atoms with Crippen LogP contribution in [0.5, 0.6) is 0 Å². The number of hydrogen-bond acceptors (Lipinski definition) is 5. The number of aromatic nitrogens is 2. The van der Waals surface area contributed by atoms with Gasteiger partial charge < -0.3 is 14.6 Å². The Morgan fingerprint density at radius 1 is 1.00 bits per heavy atom. The van der Waals surface area contributed by atoms with Gasteiger partial charge in [-0.1, -0.05) is 12.1 Å². The predicted octanol–water partition coefficient (Wildman–Crippen LogP) is 2.81. The number of nitrogens with two attached hydrogens (primary N) is 1. The largest absolute Gasteiger partial charge is 0.456 e. The molecule has 0 aliphatic carbocycles. The predicted molar refractivity (Wildman–Crippen MR) is 70.4 cm³/mol. The van der Waals surface area contributed by atoms with Gasteiger partial charge in [0, 0.05) is 5.69 Å². The number of aryl methyl sites for hydroxylation is 1. The molecule has 2 heterocycles. The number of nitrogen functional groups attached to an aromatic ring is 1. The van der Waals surface area contributed by atoms with E-state index in [1.807, 2.05) is 43.3 Å². The van der Waals surface area contributed by atoms with Crippen molar-refractivity contribution in [3.05, 3.63) is 53.6 Å². The summed E-state index contributed by atoms with van der Waals surface area (Å²) in [5.41, 5.74) is 7.45. The molecular weight excluding hydrogens is 242 g/mol. The standard InChI is InChI=1S/C14H13N3O2/c1-9-2-7-12(18-9)14-17-16-13(19-14)8-10-3-5-11(15)6-4-10/h2-7H,8,15H2,1H3. The van der Waals surface area contributed by atoms with E-state index in [-0.39, 0.29) is 0 Å². The summed E-state index contributed by atoms with van der Waals surface area (Å²) in [5, 5.41) is 7.99.